The van der Waals surface area contributed by atoms with Gasteiger partial charge in [0.15, 0.2) is 0 Å². The quantitative estimate of drug-likeness (QED) is 0.656. The van der Waals surface area contributed by atoms with E-state index in [2.05, 4.69) is 65.3 Å². The SMILES string of the molecule is CC.CC.CC1CN(Cc2ccccc2)CC(CF)N1Cc1ccccc1. The number of halogens is 1. The Hall–Kier alpha value is -1.71. The van der Waals surface area contributed by atoms with Gasteiger partial charge in [0.05, 0.1) is 6.04 Å². The van der Waals surface area contributed by atoms with Crippen molar-refractivity contribution in [2.75, 3.05) is 19.8 Å². The molecule has 1 saturated heterocycles. The fourth-order valence-electron chi connectivity index (χ4n) is 3.50. The smallest absolute Gasteiger partial charge is 0.106 e. The fraction of sp³-hybridized carbons (Fsp3) is 0.500. The van der Waals surface area contributed by atoms with Crippen molar-refractivity contribution >= 4 is 0 Å². The molecular formula is C24H37FN2. The second kappa shape index (κ2) is 13.5. The van der Waals surface area contributed by atoms with Gasteiger partial charge in [-0.15, -0.1) is 0 Å². The Bertz CT molecular complexity index is 588. The molecule has 150 valence electrons. The molecule has 0 spiro atoms. The molecule has 0 saturated carbocycles. The van der Waals surface area contributed by atoms with Gasteiger partial charge in [0, 0.05) is 32.2 Å². The molecule has 2 aromatic rings. The Balaban J connectivity index is 0.000000855. The predicted molar refractivity (Wildman–Crippen MR) is 116 cm³/mol. The third-order valence-corrected chi connectivity index (χ3v) is 4.66. The normalized spacial score (nSPS) is 20.1. The number of hydrogen-bond donors (Lipinski definition) is 0. The van der Waals surface area contributed by atoms with Gasteiger partial charge in [0.2, 0.25) is 0 Å². The first kappa shape index (κ1) is 23.3. The maximum Gasteiger partial charge on any atom is 0.106 e. The van der Waals surface area contributed by atoms with Gasteiger partial charge in [0.25, 0.3) is 0 Å². The minimum absolute atomic E-state index is 0.0253. The van der Waals surface area contributed by atoms with E-state index in [4.69, 9.17) is 0 Å². The van der Waals surface area contributed by atoms with Crippen LogP contribution >= 0.6 is 0 Å². The Morgan fingerprint density at radius 1 is 0.778 bits per heavy atom. The molecule has 1 aliphatic rings. The van der Waals surface area contributed by atoms with Crippen LogP contribution in [0.15, 0.2) is 60.7 Å². The molecular weight excluding hydrogens is 335 g/mol. The molecule has 1 aliphatic heterocycles. The molecule has 27 heavy (non-hydrogen) atoms. The first-order chi connectivity index (χ1) is 13.3. The van der Waals surface area contributed by atoms with Crippen LogP contribution in [0.4, 0.5) is 4.39 Å². The topological polar surface area (TPSA) is 6.48 Å². The van der Waals surface area contributed by atoms with Crippen LogP contribution < -0.4 is 0 Å². The number of piperazine rings is 1. The van der Waals surface area contributed by atoms with E-state index in [-0.39, 0.29) is 12.7 Å². The summed E-state index contributed by atoms with van der Waals surface area (Å²) < 4.78 is 13.6. The van der Waals surface area contributed by atoms with Crippen molar-refractivity contribution < 1.29 is 4.39 Å². The zero-order chi connectivity index (χ0) is 20.1. The van der Waals surface area contributed by atoms with Gasteiger partial charge in [-0.2, -0.15) is 0 Å². The van der Waals surface area contributed by atoms with Crippen molar-refractivity contribution in [1.29, 1.82) is 0 Å². The fourth-order valence-corrected chi connectivity index (χ4v) is 3.50. The first-order valence-electron chi connectivity index (χ1n) is 10.4. The van der Waals surface area contributed by atoms with Gasteiger partial charge in [0.1, 0.15) is 6.67 Å². The number of hydrogen-bond acceptors (Lipinski definition) is 2. The Morgan fingerprint density at radius 3 is 1.74 bits per heavy atom. The maximum absolute atomic E-state index is 13.6. The molecule has 1 fully saturated rings. The lowest BCUT2D eigenvalue weighted by Crippen LogP contribution is -2.57. The van der Waals surface area contributed by atoms with E-state index in [0.717, 1.165) is 26.2 Å². The van der Waals surface area contributed by atoms with Gasteiger partial charge in [-0.25, -0.2) is 4.39 Å². The van der Waals surface area contributed by atoms with Crippen LogP contribution in [0, 0.1) is 0 Å². The molecule has 0 amide bonds. The van der Waals surface area contributed by atoms with E-state index in [0.29, 0.717) is 6.04 Å². The van der Waals surface area contributed by atoms with Crippen LogP contribution in [0.1, 0.15) is 45.7 Å². The van der Waals surface area contributed by atoms with Crippen LogP contribution in [-0.2, 0) is 13.1 Å². The average molecular weight is 373 g/mol. The second-order valence-corrected chi connectivity index (χ2v) is 6.49. The third-order valence-electron chi connectivity index (χ3n) is 4.66. The third kappa shape index (κ3) is 7.43. The van der Waals surface area contributed by atoms with Crippen LogP contribution in [0.2, 0.25) is 0 Å². The van der Waals surface area contributed by atoms with E-state index in [1.165, 1.54) is 11.1 Å². The summed E-state index contributed by atoms with van der Waals surface area (Å²) in [5, 5.41) is 0. The molecule has 2 aromatic carbocycles. The number of alkyl halides is 1. The summed E-state index contributed by atoms with van der Waals surface area (Å²) in [4.78, 5) is 4.70. The van der Waals surface area contributed by atoms with Crippen molar-refractivity contribution in [3.8, 4) is 0 Å². The van der Waals surface area contributed by atoms with Crippen molar-refractivity contribution in [1.82, 2.24) is 9.80 Å². The highest BCUT2D eigenvalue weighted by Crippen LogP contribution is 2.21. The average Bonchev–Trinajstić information content (AvgIpc) is 2.74. The van der Waals surface area contributed by atoms with Crippen LogP contribution in [0.5, 0.6) is 0 Å². The van der Waals surface area contributed by atoms with Gasteiger partial charge in [-0.3, -0.25) is 9.80 Å². The molecule has 1 heterocycles. The Labute approximate surface area is 166 Å². The lowest BCUT2D eigenvalue weighted by atomic mass is 10.0. The largest absolute Gasteiger partial charge is 0.296 e. The molecule has 0 N–H and O–H groups in total. The predicted octanol–water partition coefficient (Wildman–Crippen LogP) is 5.78. The van der Waals surface area contributed by atoms with E-state index in [1.54, 1.807) is 0 Å². The Kier molecular flexibility index (Phi) is 11.6. The standard InChI is InChI=1S/C20H25FN2.2C2H6/c1-17-13-22(14-18-8-4-2-5-9-18)16-20(12-21)23(17)15-19-10-6-3-7-11-19;2*1-2/h2-11,17,20H,12-16H2,1H3;2*1-2H3. The van der Waals surface area contributed by atoms with Crippen LogP contribution in [0.25, 0.3) is 0 Å². The van der Waals surface area contributed by atoms with Crippen molar-refractivity contribution in [3.05, 3.63) is 71.8 Å². The van der Waals surface area contributed by atoms with Crippen LogP contribution in [-0.4, -0.2) is 41.6 Å². The molecule has 0 bridgehead atoms. The van der Waals surface area contributed by atoms with Gasteiger partial charge < -0.3 is 0 Å². The number of rotatable bonds is 5. The summed E-state index contributed by atoms with van der Waals surface area (Å²) >= 11 is 0. The minimum atomic E-state index is -0.289. The van der Waals surface area contributed by atoms with Crippen LogP contribution in [0.3, 0.4) is 0 Å². The molecule has 2 unspecified atom stereocenters. The maximum atomic E-state index is 13.6. The van der Waals surface area contributed by atoms with Crippen molar-refractivity contribution in [3.63, 3.8) is 0 Å². The summed E-state index contributed by atoms with van der Waals surface area (Å²) in [5.41, 5.74) is 2.56. The summed E-state index contributed by atoms with van der Waals surface area (Å²) in [6.45, 7) is 13.4. The Morgan fingerprint density at radius 2 is 1.26 bits per heavy atom. The highest BCUT2D eigenvalue weighted by atomic mass is 19.1. The molecule has 2 nitrogen and oxygen atoms in total. The van der Waals surface area contributed by atoms with Gasteiger partial charge in [-0.05, 0) is 18.1 Å². The van der Waals surface area contributed by atoms with E-state index in [1.807, 2.05) is 39.8 Å². The lowest BCUT2D eigenvalue weighted by molar-refractivity contribution is 0.0103. The molecule has 3 rings (SSSR count). The number of benzene rings is 2. The van der Waals surface area contributed by atoms with Gasteiger partial charge >= 0.3 is 0 Å². The summed E-state index contributed by atoms with van der Waals surface area (Å²) in [6, 6.07) is 21.2. The van der Waals surface area contributed by atoms with Crippen molar-refractivity contribution in [2.45, 2.75) is 59.8 Å². The molecule has 0 radical (unpaired) electrons. The zero-order valence-corrected chi connectivity index (χ0v) is 17.7. The molecule has 0 aliphatic carbocycles. The van der Waals surface area contributed by atoms with Gasteiger partial charge in [-0.1, -0.05) is 88.4 Å². The summed E-state index contributed by atoms with van der Waals surface area (Å²) in [7, 11) is 0. The van der Waals surface area contributed by atoms with E-state index < -0.39 is 0 Å². The zero-order valence-electron chi connectivity index (χ0n) is 17.7. The van der Waals surface area contributed by atoms with E-state index >= 15 is 0 Å². The minimum Gasteiger partial charge on any atom is -0.296 e. The second-order valence-electron chi connectivity index (χ2n) is 6.49. The molecule has 2 atom stereocenters. The van der Waals surface area contributed by atoms with Crippen molar-refractivity contribution in [2.24, 2.45) is 0 Å². The number of nitrogens with zero attached hydrogens (tertiary/aromatic N) is 2. The first-order valence-corrected chi connectivity index (χ1v) is 10.4. The summed E-state index contributed by atoms with van der Waals surface area (Å²) in [6.07, 6.45) is 0. The molecule has 0 aromatic heterocycles. The molecule has 3 heteroatoms. The lowest BCUT2D eigenvalue weighted by Gasteiger charge is -2.45. The monoisotopic (exact) mass is 372 g/mol. The highest BCUT2D eigenvalue weighted by molar-refractivity contribution is 5.16. The van der Waals surface area contributed by atoms with E-state index in [9.17, 15) is 4.39 Å². The summed E-state index contributed by atoms with van der Waals surface area (Å²) in [5.74, 6) is 0. The highest BCUT2D eigenvalue weighted by Gasteiger charge is 2.31.